The minimum absolute atomic E-state index is 0. The molecule has 1 rings (SSSR count). The van der Waals surface area contributed by atoms with Gasteiger partial charge in [-0.3, -0.25) is 4.99 Å². The molecule has 0 atom stereocenters. The number of aliphatic imine (C=N–C) groups is 1. The summed E-state index contributed by atoms with van der Waals surface area (Å²) in [4.78, 5) is 6.66. The summed E-state index contributed by atoms with van der Waals surface area (Å²) < 4.78 is 22.5. The predicted molar refractivity (Wildman–Crippen MR) is 99.2 cm³/mol. The van der Waals surface area contributed by atoms with E-state index in [4.69, 9.17) is 0 Å². The van der Waals surface area contributed by atoms with Gasteiger partial charge in [0.1, 0.15) is 9.84 Å². The van der Waals surface area contributed by atoms with E-state index in [1.807, 2.05) is 18.7 Å². The Bertz CT molecular complexity index is 424. The summed E-state index contributed by atoms with van der Waals surface area (Å²) in [7, 11) is -2.95. The van der Waals surface area contributed by atoms with Crippen molar-refractivity contribution in [2.24, 2.45) is 4.99 Å². The van der Waals surface area contributed by atoms with Gasteiger partial charge in [-0.15, -0.1) is 24.0 Å². The second kappa shape index (κ2) is 8.67. The van der Waals surface area contributed by atoms with E-state index in [1.54, 1.807) is 0 Å². The summed E-state index contributed by atoms with van der Waals surface area (Å²) in [5.41, 5.74) is 0. The van der Waals surface area contributed by atoms with Crippen LogP contribution in [0.5, 0.6) is 0 Å². The highest BCUT2D eigenvalue weighted by Gasteiger charge is 2.28. The van der Waals surface area contributed by atoms with Gasteiger partial charge in [0, 0.05) is 36.4 Å². The van der Waals surface area contributed by atoms with Gasteiger partial charge >= 0.3 is 0 Å². The Balaban J connectivity index is 0.00000361. The van der Waals surface area contributed by atoms with Crippen molar-refractivity contribution in [3.8, 4) is 0 Å². The summed E-state index contributed by atoms with van der Waals surface area (Å²) in [5.74, 6) is 2.01. The number of hydrogen-bond donors (Lipinski definition) is 1. The van der Waals surface area contributed by atoms with E-state index in [9.17, 15) is 8.42 Å². The van der Waals surface area contributed by atoms with Gasteiger partial charge in [0.15, 0.2) is 5.96 Å². The van der Waals surface area contributed by atoms with Crippen LogP contribution in [0.3, 0.4) is 0 Å². The van der Waals surface area contributed by atoms with Crippen LogP contribution >= 0.6 is 35.7 Å². The Morgan fingerprint density at radius 1 is 1.45 bits per heavy atom. The molecule has 120 valence electrons. The molecule has 1 heterocycles. The molecular formula is C12H26IN3O2S2. The van der Waals surface area contributed by atoms with Gasteiger partial charge in [0.2, 0.25) is 0 Å². The molecule has 0 bridgehead atoms. The first kappa shape index (κ1) is 20.3. The number of hydrogen-bond acceptors (Lipinski definition) is 4. The van der Waals surface area contributed by atoms with E-state index in [-0.39, 0.29) is 34.5 Å². The fraction of sp³-hybridized carbons (Fsp3) is 0.917. The first-order valence-electron chi connectivity index (χ1n) is 6.58. The monoisotopic (exact) mass is 435 g/mol. The van der Waals surface area contributed by atoms with E-state index in [0.29, 0.717) is 6.54 Å². The standard InChI is InChI=1S/C12H25N3O2S2.HI/c1-5-13-11(14-6-9-19(4,16)17)15-7-8-18-12(2,3)10-15;/h5-10H2,1-4H3,(H,13,14);1H. The van der Waals surface area contributed by atoms with Gasteiger partial charge in [0.05, 0.1) is 12.3 Å². The third kappa shape index (κ3) is 7.92. The summed E-state index contributed by atoms with van der Waals surface area (Å²) >= 11 is 1.97. The molecule has 1 fully saturated rings. The Morgan fingerprint density at radius 2 is 2.10 bits per heavy atom. The maximum absolute atomic E-state index is 11.1. The molecule has 0 aliphatic carbocycles. The highest BCUT2D eigenvalue weighted by atomic mass is 127. The van der Waals surface area contributed by atoms with Crippen molar-refractivity contribution in [2.75, 3.05) is 43.9 Å². The molecular weight excluding hydrogens is 409 g/mol. The van der Waals surface area contributed by atoms with Gasteiger partial charge in [-0.2, -0.15) is 11.8 Å². The fourth-order valence-electron chi connectivity index (χ4n) is 1.94. The lowest BCUT2D eigenvalue weighted by atomic mass is 10.2. The number of halogens is 1. The van der Waals surface area contributed by atoms with E-state index in [0.717, 1.165) is 31.3 Å². The fourth-order valence-corrected chi connectivity index (χ4v) is 3.47. The lowest BCUT2D eigenvalue weighted by molar-refractivity contribution is 0.376. The summed E-state index contributed by atoms with van der Waals surface area (Å²) in [6.45, 7) is 9.48. The van der Waals surface area contributed by atoms with Crippen molar-refractivity contribution in [3.05, 3.63) is 0 Å². The smallest absolute Gasteiger partial charge is 0.194 e. The summed E-state index contributed by atoms with van der Waals surface area (Å²) in [6.07, 6.45) is 1.25. The zero-order chi connectivity index (χ0) is 14.5. The minimum Gasteiger partial charge on any atom is -0.357 e. The molecule has 0 aromatic rings. The molecule has 0 saturated carbocycles. The molecule has 1 aliphatic rings. The number of nitrogens with one attached hydrogen (secondary N) is 1. The topological polar surface area (TPSA) is 61.8 Å². The number of sulfone groups is 1. The highest BCUT2D eigenvalue weighted by molar-refractivity contribution is 14.0. The van der Waals surface area contributed by atoms with E-state index >= 15 is 0 Å². The molecule has 5 nitrogen and oxygen atoms in total. The van der Waals surface area contributed by atoms with Crippen molar-refractivity contribution in [1.29, 1.82) is 0 Å². The maximum atomic E-state index is 11.1. The number of guanidine groups is 1. The Kier molecular flexibility index (Phi) is 8.80. The normalized spacial score (nSPS) is 19.4. The van der Waals surface area contributed by atoms with Crippen molar-refractivity contribution in [1.82, 2.24) is 10.2 Å². The zero-order valence-corrected chi connectivity index (χ0v) is 16.6. The van der Waals surface area contributed by atoms with Crippen LogP contribution in [0.4, 0.5) is 0 Å². The first-order chi connectivity index (χ1) is 8.73. The molecule has 0 unspecified atom stereocenters. The zero-order valence-electron chi connectivity index (χ0n) is 12.7. The molecule has 8 heteroatoms. The SMILES string of the molecule is CCNC(=NCCS(C)(=O)=O)N1CCSC(C)(C)C1.I. The third-order valence-electron chi connectivity index (χ3n) is 2.78. The molecule has 1 N–H and O–H groups in total. The van der Waals surface area contributed by atoms with Crippen LogP contribution in [-0.2, 0) is 9.84 Å². The third-order valence-corrected chi connectivity index (χ3v) is 5.01. The molecule has 20 heavy (non-hydrogen) atoms. The largest absolute Gasteiger partial charge is 0.357 e. The Morgan fingerprint density at radius 3 is 2.60 bits per heavy atom. The van der Waals surface area contributed by atoms with Crippen molar-refractivity contribution in [3.63, 3.8) is 0 Å². The number of rotatable bonds is 4. The van der Waals surface area contributed by atoms with Crippen LogP contribution in [0.2, 0.25) is 0 Å². The van der Waals surface area contributed by atoms with Gasteiger partial charge < -0.3 is 10.2 Å². The summed E-state index contributed by atoms with van der Waals surface area (Å²) in [5, 5.41) is 3.25. The first-order valence-corrected chi connectivity index (χ1v) is 9.63. The summed E-state index contributed by atoms with van der Waals surface area (Å²) in [6, 6.07) is 0. The molecule has 0 spiro atoms. The highest BCUT2D eigenvalue weighted by Crippen LogP contribution is 2.29. The van der Waals surface area contributed by atoms with Gasteiger partial charge in [-0.25, -0.2) is 8.42 Å². The number of nitrogens with zero attached hydrogens (tertiary/aromatic N) is 2. The Labute approximate surface area is 144 Å². The average Bonchev–Trinajstić information content (AvgIpc) is 2.25. The van der Waals surface area contributed by atoms with Crippen LogP contribution in [0, 0.1) is 0 Å². The van der Waals surface area contributed by atoms with Gasteiger partial charge in [0.25, 0.3) is 0 Å². The van der Waals surface area contributed by atoms with Crippen molar-refractivity contribution in [2.45, 2.75) is 25.5 Å². The lowest BCUT2D eigenvalue weighted by Gasteiger charge is -2.39. The van der Waals surface area contributed by atoms with Gasteiger partial charge in [-0.1, -0.05) is 0 Å². The minimum atomic E-state index is -2.95. The number of thioether (sulfide) groups is 1. The predicted octanol–water partition coefficient (Wildman–Crippen LogP) is 1.44. The van der Waals surface area contributed by atoms with Crippen LogP contribution in [0.25, 0.3) is 0 Å². The van der Waals surface area contributed by atoms with Crippen LogP contribution in [0.1, 0.15) is 20.8 Å². The lowest BCUT2D eigenvalue weighted by Crippen LogP contribution is -2.51. The maximum Gasteiger partial charge on any atom is 0.194 e. The quantitative estimate of drug-likeness (QED) is 0.412. The van der Waals surface area contributed by atoms with E-state index < -0.39 is 9.84 Å². The molecule has 1 aliphatic heterocycles. The average molecular weight is 435 g/mol. The van der Waals surface area contributed by atoms with Crippen LogP contribution < -0.4 is 5.32 Å². The van der Waals surface area contributed by atoms with E-state index in [1.165, 1.54) is 6.26 Å². The van der Waals surface area contributed by atoms with Gasteiger partial charge in [-0.05, 0) is 20.8 Å². The second-order valence-electron chi connectivity index (χ2n) is 5.40. The molecule has 0 aromatic heterocycles. The molecule has 0 amide bonds. The van der Waals surface area contributed by atoms with Crippen molar-refractivity contribution >= 4 is 51.5 Å². The second-order valence-corrected chi connectivity index (χ2v) is 9.46. The van der Waals surface area contributed by atoms with Crippen molar-refractivity contribution < 1.29 is 8.42 Å². The van der Waals surface area contributed by atoms with Crippen LogP contribution in [0.15, 0.2) is 4.99 Å². The molecule has 0 aromatic carbocycles. The Hall–Kier alpha value is 0.300. The van der Waals surface area contributed by atoms with Crippen LogP contribution in [-0.4, -0.2) is 68.0 Å². The van der Waals surface area contributed by atoms with E-state index in [2.05, 4.69) is 29.1 Å². The molecule has 0 radical (unpaired) electrons. The molecule has 1 saturated heterocycles.